The Morgan fingerprint density at radius 1 is 0.455 bits per heavy atom. The van der Waals surface area contributed by atoms with Gasteiger partial charge in [-0.1, -0.05) is 155 Å². The number of carbonyl (C=O) groups excluding carboxylic acids is 1. The highest BCUT2D eigenvalue weighted by atomic mass is 16.5. The summed E-state index contributed by atoms with van der Waals surface area (Å²) in [4.78, 5) is 11.5. The molecule has 198 valence electrons. The van der Waals surface area contributed by atoms with Crippen molar-refractivity contribution in [2.24, 2.45) is 0 Å². The second-order valence-corrected chi connectivity index (χ2v) is 10.6. The Morgan fingerprint density at radius 3 is 0.939 bits per heavy atom. The second kappa shape index (κ2) is 27.7. The Balaban J connectivity index is 3.52. The van der Waals surface area contributed by atoms with Gasteiger partial charge in [-0.2, -0.15) is 0 Å². The number of ether oxygens (including phenoxy) is 1. The summed E-state index contributed by atoms with van der Waals surface area (Å²) in [6, 6.07) is 0. The van der Waals surface area contributed by atoms with Crippen LogP contribution in [-0.2, 0) is 9.53 Å². The summed E-state index contributed by atoms with van der Waals surface area (Å²) in [5.74, 6) is -0.0992. The molecular weight excluding hydrogens is 404 g/mol. The maximum atomic E-state index is 11.5. The SMILES string of the molecule is CCCCCCCCCCCCCCC(CCCCCCCCCCCCCC)OC(C)=O. The third-order valence-corrected chi connectivity index (χ3v) is 7.09. The van der Waals surface area contributed by atoms with Crippen LogP contribution in [0, 0.1) is 0 Å². The summed E-state index contributed by atoms with van der Waals surface area (Å²) in [7, 11) is 0. The molecule has 0 N–H and O–H groups in total. The molecule has 0 amide bonds. The molecule has 0 heterocycles. The van der Waals surface area contributed by atoms with Crippen LogP contribution in [0.1, 0.15) is 188 Å². The molecule has 0 bridgehead atoms. The fourth-order valence-corrected chi connectivity index (χ4v) is 4.92. The van der Waals surface area contributed by atoms with Crippen molar-refractivity contribution in [3.63, 3.8) is 0 Å². The van der Waals surface area contributed by atoms with Gasteiger partial charge in [-0.05, 0) is 25.7 Å². The van der Waals surface area contributed by atoms with E-state index >= 15 is 0 Å². The van der Waals surface area contributed by atoms with Gasteiger partial charge in [-0.25, -0.2) is 0 Å². The molecule has 33 heavy (non-hydrogen) atoms. The molecule has 0 spiro atoms. The highest BCUT2D eigenvalue weighted by Gasteiger charge is 2.11. The lowest BCUT2D eigenvalue weighted by molar-refractivity contribution is -0.147. The number of esters is 1. The second-order valence-electron chi connectivity index (χ2n) is 10.6. The third kappa shape index (κ3) is 27.6. The monoisotopic (exact) mass is 466 g/mol. The molecule has 0 unspecified atom stereocenters. The number of hydrogen-bond acceptors (Lipinski definition) is 2. The Kier molecular flexibility index (Phi) is 27.3. The summed E-state index contributed by atoms with van der Waals surface area (Å²) >= 11 is 0. The molecular formula is C31H62O2. The fourth-order valence-electron chi connectivity index (χ4n) is 4.92. The molecule has 0 saturated heterocycles. The highest BCUT2D eigenvalue weighted by Crippen LogP contribution is 2.18. The zero-order valence-corrected chi connectivity index (χ0v) is 23.3. The molecule has 0 atom stereocenters. The van der Waals surface area contributed by atoms with Gasteiger partial charge < -0.3 is 4.74 Å². The van der Waals surface area contributed by atoms with E-state index in [0.29, 0.717) is 0 Å². The van der Waals surface area contributed by atoms with Gasteiger partial charge in [0.1, 0.15) is 6.10 Å². The summed E-state index contributed by atoms with van der Waals surface area (Å²) < 4.78 is 5.61. The van der Waals surface area contributed by atoms with Gasteiger partial charge in [0.05, 0.1) is 0 Å². The molecule has 2 nitrogen and oxygen atoms in total. The third-order valence-electron chi connectivity index (χ3n) is 7.09. The van der Waals surface area contributed by atoms with Crippen LogP contribution < -0.4 is 0 Å². The molecule has 0 aliphatic carbocycles. The van der Waals surface area contributed by atoms with Crippen molar-refractivity contribution in [2.75, 3.05) is 0 Å². The molecule has 0 fully saturated rings. The van der Waals surface area contributed by atoms with E-state index in [-0.39, 0.29) is 12.1 Å². The van der Waals surface area contributed by atoms with Crippen LogP contribution in [0.5, 0.6) is 0 Å². The normalized spacial score (nSPS) is 11.4. The Labute approximate surface area is 209 Å². The van der Waals surface area contributed by atoms with Gasteiger partial charge in [0, 0.05) is 6.92 Å². The van der Waals surface area contributed by atoms with Crippen molar-refractivity contribution in [3.8, 4) is 0 Å². The van der Waals surface area contributed by atoms with E-state index in [2.05, 4.69) is 13.8 Å². The predicted octanol–water partition coefficient (Wildman–Crippen LogP) is 11.1. The number of carbonyl (C=O) groups is 1. The largest absolute Gasteiger partial charge is 0.463 e. The van der Waals surface area contributed by atoms with Crippen LogP contribution in [0.3, 0.4) is 0 Å². The Bertz CT molecular complexity index is 351. The first-order chi connectivity index (χ1) is 16.2. The van der Waals surface area contributed by atoms with E-state index in [9.17, 15) is 4.79 Å². The topological polar surface area (TPSA) is 26.3 Å². The van der Waals surface area contributed by atoms with E-state index in [1.165, 1.54) is 154 Å². The molecule has 0 rings (SSSR count). The van der Waals surface area contributed by atoms with E-state index in [4.69, 9.17) is 4.74 Å². The first-order valence-electron chi connectivity index (χ1n) is 15.4. The molecule has 0 aliphatic heterocycles. The maximum Gasteiger partial charge on any atom is 0.302 e. The fraction of sp³-hybridized carbons (Fsp3) is 0.968. The van der Waals surface area contributed by atoms with E-state index in [1.807, 2.05) is 0 Å². The lowest BCUT2D eigenvalue weighted by Gasteiger charge is -2.17. The lowest BCUT2D eigenvalue weighted by Crippen LogP contribution is -2.16. The van der Waals surface area contributed by atoms with Crippen molar-refractivity contribution in [2.45, 2.75) is 194 Å². The minimum absolute atomic E-state index is 0.0992. The van der Waals surface area contributed by atoms with Gasteiger partial charge in [0.2, 0.25) is 0 Å². The van der Waals surface area contributed by atoms with Crippen LogP contribution in [0.2, 0.25) is 0 Å². The molecule has 0 aromatic carbocycles. The number of hydrogen-bond donors (Lipinski definition) is 0. The van der Waals surface area contributed by atoms with Gasteiger partial charge in [0.15, 0.2) is 0 Å². The van der Waals surface area contributed by atoms with Crippen LogP contribution in [0.15, 0.2) is 0 Å². The predicted molar refractivity (Wildman–Crippen MR) is 147 cm³/mol. The molecule has 0 aromatic rings. The first kappa shape index (κ1) is 32.5. The Hall–Kier alpha value is -0.530. The van der Waals surface area contributed by atoms with Gasteiger partial charge in [-0.3, -0.25) is 4.79 Å². The molecule has 0 aromatic heterocycles. The van der Waals surface area contributed by atoms with E-state index in [1.54, 1.807) is 6.92 Å². The molecule has 0 aliphatic rings. The average Bonchev–Trinajstić information content (AvgIpc) is 2.80. The number of rotatable bonds is 27. The van der Waals surface area contributed by atoms with Gasteiger partial charge in [0.25, 0.3) is 0 Å². The minimum Gasteiger partial charge on any atom is -0.463 e. The average molecular weight is 467 g/mol. The van der Waals surface area contributed by atoms with Crippen LogP contribution in [-0.4, -0.2) is 12.1 Å². The minimum atomic E-state index is -0.0992. The number of unbranched alkanes of at least 4 members (excludes halogenated alkanes) is 22. The molecule has 2 heteroatoms. The summed E-state index contributed by atoms with van der Waals surface area (Å²) in [6.45, 7) is 6.14. The summed E-state index contributed by atoms with van der Waals surface area (Å²) in [5.41, 5.74) is 0. The van der Waals surface area contributed by atoms with Crippen molar-refractivity contribution >= 4 is 5.97 Å². The van der Waals surface area contributed by atoms with Crippen molar-refractivity contribution in [1.82, 2.24) is 0 Å². The highest BCUT2D eigenvalue weighted by molar-refractivity contribution is 5.66. The quantitative estimate of drug-likeness (QED) is 0.0888. The summed E-state index contributed by atoms with van der Waals surface area (Å²) in [6.07, 6.45) is 35.4. The molecule has 0 saturated carbocycles. The lowest BCUT2D eigenvalue weighted by atomic mass is 10.0. The Morgan fingerprint density at radius 2 is 0.697 bits per heavy atom. The van der Waals surface area contributed by atoms with Crippen molar-refractivity contribution in [1.29, 1.82) is 0 Å². The van der Waals surface area contributed by atoms with Crippen LogP contribution in [0.4, 0.5) is 0 Å². The molecule has 0 radical (unpaired) electrons. The van der Waals surface area contributed by atoms with Crippen molar-refractivity contribution in [3.05, 3.63) is 0 Å². The zero-order chi connectivity index (χ0) is 24.2. The van der Waals surface area contributed by atoms with Crippen LogP contribution >= 0.6 is 0 Å². The smallest absolute Gasteiger partial charge is 0.302 e. The van der Waals surface area contributed by atoms with Crippen LogP contribution in [0.25, 0.3) is 0 Å². The van der Waals surface area contributed by atoms with Gasteiger partial charge in [-0.15, -0.1) is 0 Å². The standard InChI is InChI=1S/C31H62O2/c1-4-6-8-10-12-14-16-18-20-22-24-26-28-31(33-30(3)32)29-27-25-23-21-19-17-15-13-11-9-7-5-2/h31H,4-29H2,1-3H3. The summed E-state index contributed by atoms with van der Waals surface area (Å²) in [5, 5.41) is 0. The maximum absolute atomic E-state index is 11.5. The van der Waals surface area contributed by atoms with Crippen molar-refractivity contribution < 1.29 is 9.53 Å². The van der Waals surface area contributed by atoms with E-state index < -0.39 is 0 Å². The zero-order valence-electron chi connectivity index (χ0n) is 23.3. The van der Waals surface area contributed by atoms with Gasteiger partial charge >= 0.3 is 5.97 Å². The van der Waals surface area contributed by atoms with E-state index in [0.717, 1.165) is 12.8 Å². The first-order valence-corrected chi connectivity index (χ1v) is 15.4.